The first-order chi connectivity index (χ1) is 6.81. The maximum atomic E-state index is 3.56. The lowest BCUT2D eigenvalue weighted by molar-refractivity contribution is 0.500. The van der Waals surface area contributed by atoms with Gasteiger partial charge >= 0.3 is 0 Å². The Balaban J connectivity index is 2.28. The zero-order chi connectivity index (χ0) is 9.97. The van der Waals surface area contributed by atoms with E-state index in [4.69, 9.17) is 0 Å². The van der Waals surface area contributed by atoms with Gasteiger partial charge in [-0.05, 0) is 24.6 Å². The molecule has 1 aromatic carbocycles. The maximum Gasteiger partial charge on any atom is 0.0341 e. The molecule has 2 atom stereocenters. The van der Waals surface area contributed by atoms with Gasteiger partial charge in [0.1, 0.15) is 0 Å². The maximum absolute atomic E-state index is 3.56. The van der Waals surface area contributed by atoms with Crippen LogP contribution < -0.4 is 5.32 Å². The molecule has 1 heterocycles. The van der Waals surface area contributed by atoms with Crippen LogP contribution in [-0.4, -0.2) is 11.8 Å². The van der Waals surface area contributed by atoms with Crippen LogP contribution in [0, 0.1) is 0 Å². The van der Waals surface area contributed by atoms with Gasteiger partial charge in [0.25, 0.3) is 0 Å². The lowest BCUT2D eigenvalue weighted by atomic mass is 10.0. The van der Waals surface area contributed by atoms with Crippen molar-refractivity contribution in [3.8, 4) is 0 Å². The first-order valence-electron chi connectivity index (χ1n) is 5.30. The molecule has 0 aliphatic carbocycles. The van der Waals surface area contributed by atoms with Crippen LogP contribution in [0.2, 0.25) is 0 Å². The molecule has 1 nitrogen and oxygen atoms in total. The van der Waals surface area contributed by atoms with E-state index in [-0.39, 0.29) is 0 Å². The molecule has 2 unspecified atom stereocenters. The summed E-state index contributed by atoms with van der Waals surface area (Å²) in [7, 11) is 0. The van der Waals surface area contributed by atoms with Gasteiger partial charge in [-0.25, -0.2) is 0 Å². The highest BCUT2D eigenvalue weighted by atomic mass is 32.2. The number of fused-ring (bicyclic) bond motifs is 1. The fourth-order valence-electron chi connectivity index (χ4n) is 2.04. The van der Waals surface area contributed by atoms with Crippen LogP contribution in [0.5, 0.6) is 0 Å². The Hall–Kier alpha value is -0.470. The van der Waals surface area contributed by atoms with E-state index in [0.717, 1.165) is 11.8 Å². The van der Waals surface area contributed by atoms with Crippen LogP contribution in [0.4, 0.5) is 0 Å². The molecule has 0 radical (unpaired) electrons. The highest BCUT2D eigenvalue weighted by Crippen LogP contribution is 2.40. The second-order valence-corrected chi connectivity index (χ2v) is 5.29. The Morgan fingerprint density at radius 2 is 2.21 bits per heavy atom. The summed E-state index contributed by atoms with van der Waals surface area (Å²) in [5.74, 6) is 0. The summed E-state index contributed by atoms with van der Waals surface area (Å²) in [5, 5.41) is 4.29. The number of nitrogens with one attached hydrogen (secondary N) is 1. The standard InChI is InChI=1S/C12H17NS/c1-3-13-11-8-9(2)14-12-7-5-4-6-10(11)12/h4-7,9,11,13H,3,8H2,1-2H3. The summed E-state index contributed by atoms with van der Waals surface area (Å²) in [6, 6.07) is 9.32. The molecule has 0 saturated carbocycles. The lowest BCUT2D eigenvalue weighted by Crippen LogP contribution is -2.26. The lowest BCUT2D eigenvalue weighted by Gasteiger charge is -2.29. The molecule has 0 aromatic heterocycles. The van der Waals surface area contributed by atoms with Gasteiger partial charge in [0.05, 0.1) is 0 Å². The number of rotatable bonds is 2. The van der Waals surface area contributed by atoms with E-state index in [0.29, 0.717) is 6.04 Å². The minimum Gasteiger partial charge on any atom is -0.310 e. The van der Waals surface area contributed by atoms with Crippen molar-refractivity contribution in [2.45, 2.75) is 36.5 Å². The minimum absolute atomic E-state index is 0.562. The molecule has 14 heavy (non-hydrogen) atoms. The van der Waals surface area contributed by atoms with Gasteiger partial charge < -0.3 is 5.32 Å². The van der Waals surface area contributed by atoms with Crippen LogP contribution in [0.3, 0.4) is 0 Å². The predicted octanol–water partition coefficient (Wildman–Crippen LogP) is 3.22. The van der Waals surface area contributed by atoms with Crippen LogP contribution in [0.1, 0.15) is 31.9 Å². The quantitative estimate of drug-likeness (QED) is 0.799. The third kappa shape index (κ3) is 1.96. The van der Waals surface area contributed by atoms with Crippen LogP contribution in [0.15, 0.2) is 29.2 Å². The summed E-state index contributed by atoms with van der Waals surface area (Å²) >= 11 is 2.00. The Bertz CT molecular complexity index is 311. The smallest absolute Gasteiger partial charge is 0.0341 e. The van der Waals surface area contributed by atoms with Crippen molar-refractivity contribution in [3.05, 3.63) is 29.8 Å². The number of hydrogen-bond donors (Lipinski definition) is 1. The topological polar surface area (TPSA) is 12.0 Å². The highest BCUT2D eigenvalue weighted by molar-refractivity contribution is 8.00. The molecule has 1 aliphatic rings. The Labute approximate surface area is 90.3 Å². The van der Waals surface area contributed by atoms with Crippen molar-refractivity contribution in [2.24, 2.45) is 0 Å². The van der Waals surface area contributed by atoms with Crippen molar-refractivity contribution in [2.75, 3.05) is 6.54 Å². The second-order valence-electron chi connectivity index (χ2n) is 3.81. The molecule has 2 heteroatoms. The first kappa shape index (κ1) is 10.1. The largest absolute Gasteiger partial charge is 0.310 e. The number of thioether (sulfide) groups is 1. The Morgan fingerprint density at radius 3 is 3.00 bits per heavy atom. The third-order valence-corrected chi connectivity index (χ3v) is 3.86. The van der Waals surface area contributed by atoms with Crippen molar-refractivity contribution in [3.63, 3.8) is 0 Å². The van der Waals surface area contributed by atoms with Crippen molar-refractivity contribution in [1.82, 2.24) is 5.32 Å². The molecule has 0 amide bonds. The Kier molecular flexibility index (Phi) is 3.14. The van der Waals surface area contributed by atoms with E-state index in [1.54, 1.807) is 0 Å². The van der Waals surface area contributed by atoms with Gasteiger partial charge in [0.2, 0.25) is 0 Å². The van der Waals surface area contributed by atoms with E-state index in [1.165, 1.54) is 16.9 Å². The molecule has 0 spiro atoms. The molecular formula is C12H17NS. The SMILES string of the molecule is CCNC1CC(C)Sc2ccccc21. The van der Waals surface area contributed by atoms with E-state index < -0.39 is 0 Å². The minimum atomic E-state index is 0.562. The molecule has 0 saturated heterocycles. The summed E-state index contributed by atoms with van der Waals surface area (Å²) < 4.78 is 0. The third-order valence-electron chi connectivity index (χ3n) is 2.64. The number of hydrogen-bond acceptors (Lipinski definition) is 2. The van der Waals surface area contributed by atoms with E-state index in [2.05, 4.69) is 43.4 Å². The zero-order valence-corrected chi connectivity index (χ0v) is 9.60. The Morgan fingerprint density at radius 1 is 1.43 bits per heavy atom. The summed E-state index contributed by atoms with van der Waals surface area (Å²) in [6.07, 6.45) is 1.25. The normalized spacial score (nSPS) is 25.9. The van der Waals surface area contributed by atoms with Crippen molar-refractivity contribution >= 4 is 11.8 Å². The molecule has 1 aliphatic heterocycles. The molecule has 1 N–H and O–H groups in total. The summed E-state index contributed by atoms with van der Waals surface area (Å²) in [6.45, 7) is 5.54. The second kappa shape index (κ2) is 4.37. The average Bonchev–Trinajstić information content (AvgIpc) is 2.18. The van der Waals surface area contributed by atoms with Gasteiger partial charge in [-0.2, -0.15) is 0 Å². The molecule has 1 aromatic rings. The monoisotopic (exact) mass is 207 g/mol. The molecular weight excluding hydrogens is 190 g/mol. The predicted molar refractivity (Wildman–Crippen MR) is 62.8 cm³/mol. The molecule has 2 rings (SSSR count). The van der Waals surface area contributed by atoms with Gasteiger partial charge in [0, 0.05) is 16.2 Å². The number of benzene rings is 1. The van der Waals surface area contributed by atoms with Gasteiger partial charge in [-0.15, -0.1) is 11.8 Å². The van der Waals surface area contributed by atoms with Gasteiger partial charge in [-0.1, -0.05) is 32.0 Å². The average molecular weight is 207 g/mol. The fraction of sp³-hybridized carbons (Fsp3) is 0.500. The summed E-state index contributed by atoms with van der Waals surface area (Å²) in [4.78, 5) is 1.46. The van der Waals surface area contributed by atoms with E-state index in [9.17, 15) is 0 Å². The molecule has 0 bridgehead atoms. The molecule has 76 valence electrons. The van der Waals surface area contributed by atoms with E-state index in [1.807, 2.05) is 11.8 Å². The van der Waals surface area contributed by atoms with Crippen molar-refractivity contribution in [1.29, 1.82) is 0 Å². The van der Waals surface area contributed by atoms with Gasteiger partial charge in [0.15, 0.2) is 0 Å². The highest BCUT2D eigenvalue weighted by Gasteiger charge is 2.23. The fourth-order valence-corrected chi connectivity index (χ4v) is 3.26. The van der Waals surface area contributed by atoms with Crippen molar-refractivity contribution < 1.29 is 0 Å². The van der Waals surface area contributed by atoms with Gasteiger partial charge in [-0.3, -0.25) is 0 Å². The first-order valence-corrected chi connectivity index (χ1v) is 6.18. The summed E-state index contributed by atoms with van der Waals surface area (Å²) in [5.41, 5.74) is 1.48. The zero-order valence-electron chi connectivity index (χ0n) is 8.79. The van der Waals surface area contributed by atoms with Crippen LogP contribution >= 0.6 is 11.8 Å². The van der Waals surface area contributed by atoms with Crippen LogP contribution in [0.25, 0.3) is 0 Å². The van der Waals surface area contributed by atoms with E-state index >= 15 is 0 Å². The molecule has 0 fully saturated rings. The van der Waals surface area contributed by atoms with Crippen LogP contribution in [-0.2, 0) is 0 Å².